The number of aliphatic hydroxyl groups is 1. The van der Waals surface area contributed by atoms with Crippen LogP contribution in [0.5, 0.6) is 0 Å². The van der Waals surface area contributed by atoms with Crippen molar-refractivity contribution in [2.45, 2.75) is 131 Å². The van der Waals surface area contributed by atoms with Gasteiger partial charge in [0.15, 0.2) is 0 Å². The Bertz CT molecular complexity index is 614. The fourth-order valence-electron chi connectivity index (χ4n) is 10.2. The molecule has 0 spiro atoms. The first-order valence-electron chi connectivity index (χ1n) is 13.6. The Labute approximate surface area is 188 Å². The minimum absolute atomic E-state index is 0.498. The lowest BCUT2D eigenvalue weighted by Crippen LogP contribution is -2.56. The van der Waals surface area contributed by atoms with E-state index in [1.807, 2.05) is 13.8 Å². The van der Waals surface area contributed by atoms with E-state index in [1.54, 1.807) is 0 Å². The van der Waals surface area contributed by atoms with Crippen molar-refractivity contribution in [2.75, 3.05) is 0 Å². The van der Waals surface area contributed by atoms with Crippen LogP contribution in [0.1, 0.15) is 126 Å². The number of fused-ring (bicyclic) bond motifs is 5. The van der Waals surface area contributed by atoms with Crippen molar-refractivity contribution < 1.29 is 5.11 Å². The van der Waals surface area contributed by atoms with Crippen LogP contribution in [0.4, 0.5) is 0 Å². The average Bonchev–Trinajstić information content (AvgIpc) is 2.97. The average molecular weight is 417 g/mol. The molecule has 0 radical (unpaired) electrons. The SMILES string of the molecule is C[C@H](CCCC(C)(C)O)[C@H]1CC[C@H]2[C@@H]3CCC4C(C)(C)CCC[C@]4(C)[C@H]3CC[C@]12C. The second-order valence-electron chi connectivity index (χ2n) is 14.3. The van der Waals surface area contributed by atoms with E-state index in [0.29, 0.717) is 16.2 Å². The number of rotatable bonds is 5. The van der Waals surface area contributed by atoms with Crippen LogP contribution in [0.25, 0.3) is 0 Å². The third-order valence-corrected chi connectivity index (χ3v) is 11.6. The third kappa shape index (κ3) is 3.82. The summed E-state index contributed by atoms with van der Waals surface area (Å²) < 4.78 is 0. The lowest BCUT2D eigenvalue weighted by molar-refractivity contribution is -0.147. The van der Waals surface area contributed by atoms with E-state index in [9.17, 15) is 5.11 Å². The van der Waals surface area contributed by atoms with Gasteiger partial charge >= 0.3 is 0 Å². The molecule has 0 heterocycles. The van der Waals surface area contributed by atoms with E-state index < -0.39 is 5.60 Å². The fraction of sp³-hybridized carbons (Fsp3) is 1.00. The van der Waals surface area contributed by atoms with E-state index in [-0.39, 0.29) is 0 Å². The molecule has 4 aliphatic carbocycles. The molecule has 1 N–H and O–H groups in total. The maximum atomic E-state index is 10.1. The summed E-state index contributed by atoms with van der Waals surface area (Å²) in [4.78, 5) is 0. The fourth-order valence-corrected chi connectivity index (χ4v) is 10.2. The molecule has 8 atom stereocenters. The minimum atomic E-state index is -0.498. The molecule has 0 aromatic heterocycles. The van der Waals surface area contributed by atoms with Crippen molar-refractivity contribution in [1.29, 1.82) is 0 Å². The van der Waals surface area contributed by atoms with Crippen LogP contribution in [0.15, 0.2) is 0 Å². The predicted octanol–water partition coefficient (Wildman–Crippen LogP) is 8.25. The van der Waals surface area contributed by atoms with Crippen LogP contribution in [-0.2, 0) is 0 Å². The monoisotopic (exact) mass is 416 g/mol. The molecule has 4 saturated carbocycles. The molecule has 1 nitrogen and oxygen atoms in total. The molecule has 0 bridgehead atoms. The minimum Gasteiger partial charge on any atom is -0.390 e. The smallest absolute Gasteiger partial charge is 0.0591 e. The van der Waals surface area contributed by atoms with Gasteiger partial charge in [-0.05, 0) is 123 Å². The molecule has 4 rings (SSSR count). The molecule has 4 fully saturated rings. The van der Waals surface area contributed by atoms with Gasteiger partial charge in [-0.2, -0.15) is 0 Å². The van der Waals surface area contributed by atoms with Crippen LogP contribution in [0.2, 0.25) is 0 Å². The summed E-state index contributed by atoms with van der Waals surface area (Å²) in [7, 11) is 0. The molecular formula is C29H52O. The van der Waals surface area contributed by atoms with E-state index in [0.717, 1.165) is 41.9 Å². The first-order valence-corrected chi connectivity index (χ1v) is 13.6. The van der Waals surface area contributed by atoms with Crippen molar-refractivity contribution in [1.82, 2.24) is 0 Å². The standard InChI is InChI=1S/C29H52O/c1-20(10-8-17-27(4,5)30)22-12-13-23-21-11-14-25-26(2,3)16-9-18-29(25,7)24(21)15-19-28(22,23)6/h20-25,30H,8-19H2,1-7H3/t20-,21+,22-,23+,24+,25?,28-,29-/m1/s1. The summed E-state index contributed by atoms with van der Waals surface area (Å²) in [5, 5.41) is 10.1. The van der Waals surface area contributed by atoms with Crippen molar-refractivity contribution >= 4 is 0 Å². The van der Waals surface area contributed by atoms with E-state index in [4.69, 9.17) is 0 Å². The van der Waals surface area contributed by atoms with Gasteiger partial charge in [-0.3, -0.25) is 0 Å². The summed E-state index contributed by atoms with van der Waals surface area (Å²) in [6, 6.07) is 0. The first kappa shape index (κ1) is 23.1. The molecule has 4 aliphatic rings. The van der Waals surface area contributed by atoms with Gasteiger partial charge in [0, 0.05) is 0 Å². The number of hydrogen-bond acceptors (Lipinski definition) is 1. The Hall–Kier alpha value is -0.0400. The highest BCUT2D eigenvalue weighted by Crippen LogP contribution is 2.70. The van der Waals surface area contributed by atoms with Gasteiger partial charge in [0.2, 0.25) is 0 Å². The number of hydrogen-bond donors (Lipinski definition) is 1. The van der Waals surface area contributed by atoms with Crippen molar-refractivity contribution in [3.05, 3.63) is 0 Å². The summed E-state index contributed by atoms with van der Waals surface area (Å²) in [6.07, 6.45) is 16.9. The molecule has 0 amide bonds. The Morgan fingerprint density at radius 3 is 2.27 bits per heavy atom. The summed E-state index contributed by atoms with van der Waals surface area (Å²) in [5.74, 6) is 5.69. The quantitative estimate of drug-likeness (QED) is 0.478. The van der Waals surface area contributed by atoms with Crippen molar-refractivity contribution in [3.63, 3.8) is 0 Å². The van der Waals surface area contributed by atoms with Gasteiger partial charge < -0.3 is 5.11 Å². The highest BCUT2D eigenvalue weighted by atomic mass is 16.3. The maximum absolute atomic E-state index is 10.1. The highest BCUT2D eigenvalue weighted by Gasteiger charge is 2.62. The van der Waals surface area contributed by atoms with Crippen LogP contribution >= 0.6 is 0 Å². The summed E-state index contributed by atoms with van der Waals surface area (Å²) in [5.41, 5.74) is 1.26. The molecule has 0 aromatic carbocycles. The van der Waals surface area contributed by atoms with Crippen LogP contribution in [0, 0.1) is 51.8 Å². The zero-order valence-corrected chi connectivity index (χ0v) is 21.4. The van der Waals surface area contributed by atoms with E-state index >= 15 is 0 Å². The van der Waals surface area contributed by atoms with Crippen LogP contribution in [-0.4, -0.2) is 10.7 Å². The molecule has 1 unspecified atom stereocenters. The molecule has 30 heavy (non-hydrogen) atoms. The second kappa shape index (κ2) is 7.78. The van der Waals surface area contributed by atoms with Crippen LogP contribution < -0.4 is 0 Å². The van der Waals surface area contributed by atoms with E-state index in [2.05, 4.69) is 34.6 Å². The Kier molecular flexibility index (Phi) is 5.99. The maximum Gasteiger partial charge on any atom is 0.0591 e. The van der Waals surface area contributed by atoms with Gasteiger partial charge in [-0.15, -0.1) is 0 Å². The largest absolute Gasteiger partial charge is 0.390 e. The topological polar surface area (TPSA) is 20.2 Å². The highest BCUT2D eigenvalue weighted by molar-refractivity contribution is 5.11. The van der Waals surface area contributed by atoms with E-state index in [1.165, 1.54) is 70.6 Å². The van der Waals surface area contributed by atoms with Crippen molar-refractivity contribution in [2.24, 2.45) is 51.8 Å². The van der Waals surface area contributed by atoms with Gasteiger partial charge in [0.1, 0.15) is 0 Å². The Balaban J connectivity index is 1.47. The third-order valence-electron chi connectivity index (χ3n) is 11.6. The lowest BCUT2D eigenvalue weighted by atomic mass is 9.41. The summed E-state index contributed by atoms with van der Waals surface area (Å²) >= 11 is 0. The van der Waals surface area contributed by atoms with Crippen LogP contribution in [0.3, 0.4) is 0 Å². The van der Waals surface area contributed by atoms with Crippen molar-refractivity contribution in [3.8, 4) is 0 Å². The molecular weight excluding hydrogens is 364 g/mol. The summed E-state index contributed by atoms with van der Waals surface area (Å²) in [6.45, 7) is 17.1. The first-order chi connectivity index (χ1) is 13.9. The molecule has 0 aliphatic heterocycles. The zero-order chi connectivity index (χ0) is 21.9. The predicted molar refractivity (Wildman–Crippen MR) is 128 cm³/mol. The lowest BCUT2D eigenvalue weighted by Gasteiger charge is -2.64. The zero-order valence-electron chi connectivity index (χ0n) is 21.4. The molecule has 1 heteroatoms. The Morgan fingerprint density at radius 1 is 0.867 bits per heavy atom. The normalized spacial score (nSPS) is 46.6. The molecule has 174 valence electrons. The Morgan fingerprint density at radius 2 is 1.57 bits per heavy atom. The molecule has 0 aromatic rings. The van der Waals surface area contributed by atoms with Gasteiger partial charge in [-0.1, -0.05) is 53.9 Å². The molecule has 0 saturated heterocycles. The second-order valence-corrected chi connectivity index (χ2v) is 14.3. The van der Waals surface area contributed by atoms with Gasteiger partial charge in [0.25, 0.3) is 0 Å². The van der Waals surface area contributed by atoms with Gasteiger partial charge in [-0.25, -0.2) is 0 Å². The van der Waals surface area contributed by atoms with Gasteiger partial charge in [0.05, 0.1) is 5.60 Å².